The van der Waals surface area contributed by atoms with E-state index in [1.165, 1.54) is 30.5 Å². The van der Waals surface area contributed by atoms with Crippen LogP contribution in [0.25, 0.3) is 0 Å². The second-order valence-corrected chi connectivity index (χ2v) is 6.43. The first-order valence-electron chi connectivity index (χ1n) is 9.25. The van der Waals surface area contributed by atoms with Gasteiger partial charge in [-0.3, -0.25) is 0 Å². The lowest BCUT2D eigenvalue weighted by molar-refractivity contribution is -0.142. The van der Waals surface area contributed by atoms with Crippen molar-refractivity contribution >= 4 is 12.2 Å². The molecule has 0 heterocycles. The van der Waals surface area contributed by atoms with E-state index in [4.69, 9.17) is 14.6 Å². The highest BCUT2D eigenvalue weighted by Crippen LogP contribution is 2.26. The van der Waals surface area contributed by atoms with Crippen molar-refractivity contribution in [2.45, 2.75) is 13.2 Å². The van der Waals surface area contributed by atoms with E-state index >= 15 is 0 Å². The topological polar surface area (TPSA) is 77.4 Å². The maximum Gasteiger partial charge on any atom is 0.344 e. The van der Waals surface area contributed by atoms with Crippen LogP contribution < -0.4 is 9.47 Å². The molecule has 160 valence electrons. The standard InChI is InChI=1S/C23H19F2NO5/c24-19-6-1-16(2-7-19)13-29-21-10-5-18(12-26-31-15-23(27)28)22(11-21)30-14-17-3-8-20(25)9-4-17/h1-12H,13-15H2,(H,27,28). The Morgan fingerprint density at radius 1 is 0.871 bits per heavy atom. The van der Waals surface area contributed by atoms with Crippen LogP contribution in [0.1, 0.15) is 16.7 Å². The third-order valence-corrected chi connectivity index (χ3v) is 4.07. The minimum absolute atomic E-state index is 0.165. The molecular weight excluding hydrogens is 408 g/mol. The van der Waals surface area contributed by atoms with Crippen molar-refractivity contribution in [3.63, 3.8) is 0 Å². The van der Waals surface area contributed by atoms with Gasteiger partial charge in [0.15, 0.2) is 0 Å². The normalized spacial score (nSPS) is 10.8. The maximum atomic E-state index is 13.1. The molecule has 0 radical (unpaired) electrons. The van der Waals surface area contributed by atoms with Gasteiger partial charge in [-0.25, -0.2) is 13.6 Å². The number of rotatable bonds is 10. The van der Waals surface area contributed by atoms with Crippen LogP contribution in [0.3, 0.4) is 0 Å². The Balaban J connectivity index is 1.72. The molecule has 0 fully saturated rings. The van der Waals surface area contributed by atoms with Crippen LogP contribution in [0.5, 0.6) is 11.5 Å². The highest BCUT2D eigenvalue weighted by molar-refractivity contribution is 5.83. The molecule has 0 amide bonds. The summed E-state index contributed by atoms with van der Waals surface area (Å²) in [5.74, 6) is -0.905. The quantitative estimate of drug-likeness (QED) is 0.379. The molecule has 6 nitrogen and oxygen atoms in total. The minimum Gasteiger partial charge on any atom is -0.489 e. The summed E-state index contributed by atoms with van der Waals surface area (Å²) < 4.78 is 37.7. The van der Waals surface area contributed by atoms with Crippen molar-refractivity contribution in [2.75, 3.05) is 6.61 Å². The highest BCUT2D eigenvalue weighted by atomic mass is 19.1. The second-order valence-electron chi connectivity index (χ2n) is 6.43. The molecule has 0 atom stereocenters. The number of nitrogens with zero attached hydrogens (tertiary/aromatic N) is 1. The van der Waals surface area contributed by atoms with E-state index in [0.29, 0.717) is 17.1 Å². The monoisotopic (exact) mass is 427 g/mol. The number of carbonyl (C=O) groups is 1. The molecule has 0 saturated heterocycles. The van der Waals surface area contributed by atoms with E-state index in [9.17, 15) is 13.6 Å². The molecule has 0 spiro atoms. The van der Waals surface area contributed by atoms with Crippen LogP contribution in [-0.2, 0) is 22.8 Å². The van der Waals surface area contributed by atoms with E-state index in [-0.39, 0.29) is 24.8 Å². The van der Waals surface area contributed by atoms with Crippen LogP contribution in [0.4, 0.5) is 8.78 Å². The Bertz CT molecular complexity index is 1040. The first-order chi connectivity index (χ1) is 15.0. The SMILES string of the molecule is O=C(O)CON=Cc1ccc(OCc2ccc(F)cc2)cc1OCc1ccc(F)cc1. The smallest absolute Gasteiger partial charge is 0.344 e. The Morgan fingerprint density at radius 3 is 2.03 bits per heavy atom. The van der Waals surface area contributed by atoms with Crippen molar-refractivity contribution in [2.24, 2.45) is 5.16 Å². The van der Waals surface area contributed by atoms with E-state index in [2.05, 4.69) is 9.99 Å². The summed E-state index contributed by atoms with van der Waals surface area (Å²) in [4.78, 5) is 15.2. The van der Waals surface area contributed by atoms with Gasteiger partial charge in [0.25, 0.3) is 0 Å². The number of aliphatic carboxylic acids is 1. The third-order valence-electron chi connectivity index (χ3n) is 4.07. The van der Waals surface area contributed by atoms with Crippen molar-refractivity contribution < 1.29 is 33.0 Å². The molecule has 0 aliphatic heterocycles. The van der Waals surface area contributed by atoms with Crippen LogP contribution >= 0.6 is 0 Å². The van der Waals surface area contributed by atoms with Crippen molar-refractivity contribution in [1.82, 2.24) is 0 Å². The molecule has 0 aliphatic carbocycles. The number of oxime groups is 1. The lowest BCUT2D eigenvalue weighted by Crippen LogP contribution is -2.04. The third kappa shape index (κ3) is 7.11. The summed E-state index contributed by atoms with van der Waals surface area (Å²) in [6, 6.07) is 16.9. The fraction of sp³-hybridized carbons (Fsp3) is 0.130. The Kier molecular flexibility index (Phi) is 7.53. The zero-order valence-electron chi connectivity index (χ0n) is 16.3. The number of ether oxygens (including phenoxy) is 2. The van der Waals surface area contributed by atoms with Crippen molar-refractivity contribution in [3.05, 3.63) is 95.1 Å². The van der Waals surface area contributed by atoms with Gasteiger partial charge in [-0.05, 0) is 47.5 Å². The number of carboxylic acid groups (broad SMARTS) is 1. The lowest BCUT2D eigenvalue weighted by atomic mass is 10.2. The summed E-state index contributed by atoms with van der Waals surface area (Å²) in [6.45, 7) is -0.174. The van der Waals surface area contributed by atoms with Gasteiger partial charge in [0.1, 0.15) is 36.3 Å². The van der Waals surface area contributed by atoms with E-state index in [1.54, 1.807) is 42.5 Å². The number of carboxylic acids is 1. The van der Waals surface area contributed by atoms with Gasteiger partial charge in [-0.15, -0.1) is 0 Å². The number of hydrogen-bond acceptors (Lipinski definition) is 5. The zero-order valence-corrected chi connectivity index (χ0v) is 16.3. The predicted octanol–water partition coefficient (Wildman–Crippen LogP) is 4.56. The fourth-order valence-corrected chi connectivity index (χ4v) is 2.51. The molecule has 0 aromatic heterocycles. The molecule has 0 bridgehead atoms. The van der Waals surface area contributed by atoms with Gasteiger partial charge in [0, 0.05) is 11.6 Å². The summed E-state index contributed by atoms with van der Waals surface area (Å²) in [6.07, 6.45) is 1.33. The molecular formula is C23H19F2NO5. The molecule has 3 rings (SSSR count). The van der Waals surface area contributed by atoms with Gasteiger partial charge in [-0.1, -0.05) is 29.4 Å². The van der Waals surface area contributed by atoms with Gasteiger partial charge in [0.05, 0.1) is 6.21 Å². The van der Waals surface area contributed by atoms with Crippen LogP contribution in [0.15, 0.2) is 71.9 Å². The average Bonchev–Trinajstić information content (AvgIpc) is 2.76. The van der Waals surface area contributed by atoms with Gasteiger partial charge in [0.2, 0.25) is 6.61 Å². The molecule has 8 heteroatoms. The van der Waals surface area contributed by atoms with Crippen LogP contribution in [0.2, 0.25) is 0 Å². The van der Waals surface area contributed by atoms with Crippen molar-refractivity contribution in [1.29, 1.82) is 0 Å². The van der Waals surface area contributed by atoms with Crippen LogP contribution in [-0.4, -0.2) is 23.9 Å². The van der Waals surface area contributed by atoms with Crippen LogP contribution in [0, 0.1) is 11.6 Å². The average molecular weight is 427 g/mol. The first-order valence-corrected chi connectivity index (χ1v) is 9.25. The molecule has 1 N–H and O–H groups in total. The first kappa shape index (κ1) is 21.8. The summed E-state index contributed by atoms with van der Waals surface area (Å²) in [7, 11) is 0. The zero-order chi connectivity index (χ0) is 22.1. The second kappa shape index (κ2) is 10.7. The molecule has 0 unspecified atom stereocenters. The van der Waals surface area contributed by atoms with E-state index in [0.717, 1.165) is 11.1 Å². The Morgan fingerprint density at radius 2 is 1.45 bits per heavy atom. The van der Waals surface area contributed by atoms with Crippen molar-refractivity contribution in [3.8, 4) is 11.5 Å². The summed E-state index contributed by atoms with van der Waals surface area (Å²) in [5, 5.41) is 12.2. The molecule has 3 aromatic carbocycles. The van der Waals surface area contributed by atoms with E-state index < -0.39 is 12.6 Å². The lowest BCUT2D eigenvalue weighted by Gasteiger charge is -2.12. The minimum atomic E-state index is -1.14. The maximum absolute atomic E-state index is 13.1. The number of halogens is 2. The molecule has 3 aromatic rings. The van der Waals surface area contributed by atoms with Gasteiger partial charge >= 0.3 is 5.97 Å². The highest BCUT2D eigenvalue weighted by Gasteiger charge is 2.07. The molecule has 31 heavy (non-hydrogen) atoms. The number of hydrogen-bond donors (Lipinski definition) is 1. The molecule has 0 saturated carbocycles. The number of benzene rings is 3. The fourth-order valence-electron chi connectivity index (χ4n) is 2.51. The summed E-state index contributed by atoms with van der Waals surface area (Å²) >= 11 is 0. The Hall–Kier alpha value is -3.94. The Labute approximate surface area is 177 Å². The summed E-state index contributed by atoms with van der Waals surface area (Å²) in [5.41, 5.74) is 2.08. The van der Waals surface area contributed by atoms with Gasteiger partial charge in [-0.2, -0.15) is 0 Å². The predicted molar refractivity (Wildman–Crippen MR) is 109 cm³/mol. The van der Waals surface area contributed by atoms with Gasteiger partial charge < -0.3 is 19.4 Å². The largest absolute Gasteiger partial charge is 0.489 e. The molecule has 0 aliphatic rings. The van der Waals surface area contributed by atoms with E-state index in [1.807, 2.05) is 0 Å².